The van der Waals surface area contributed by atoms with Crippen molar-refractivity contribution < 1.29 is 28.7 Å². The van der Waals surface area contributed by atoms with Crippen LogP contribution >= 0.6 is 0 Å². The van der Waals surface area contributed by atoms with Crippen LogP contribution < -0.4 is 14.2 Å². The molecule has 2 aliphatic heterocycles. The largest absolute Gasteiger partial charge is 0.496 e. The SMILES string of the molecule is COc1ccc([N+](=O)[O-])cc1C(=O)N1CCC(C(=O)c2ccc3c(c2)OCCO3)CC1. The average molecular weight is 426 g/mol. The van der Waals surface area contributed by atoms with Crippen LogP contribution in [0.3, 0.4) is 0 Å². The molecule has 0 aliphatic carbocycles. The molecule has 0 spiro atoms. The molecule has 4 rings (SSSR count). The number of rotatable bonds is 5. The summed E-state index contributed by atoms with van der Waals surface area (Å²) in [6, 6.07) is 9.14. The number of nitro groups is 1. The second-order valence-electron chi connectivity index (χ2n) is 7.43. The molecule has 0 aromatic heterocycles. The van der Waals surface area contributed by atoms with Crippen molar-refractivity contribution in [1.82, 2.24) is 4.90 Å². The van der Waals surface area contributed by atoms with Gasteiger partial charge in [0.15, 0.2) is 17.3 Å². The van der Waals surface area contributed by atoms with Gasteiger partial charge in [-0.3, -0.25) is 19.7 Å². The number of hydrogen-bond donors (Lipinski definition) is 0. The first kappa shape index (κ1) is 20.6. The molecule has 0 saturated carbocycles. The number of methoxy groups -OCH3 is 1. The van der Waals surface area contributed by atoms with Gasteiger partial charge in [-0.2, -0.15) is 0 Å². The fourth-order valence-corrected chi connectivity index (χ4v) is 3.92. The van der Waals surface area contributed by atoms with E-state index in [1.165, 1.54) is 25.3 Å². The quantitative estimate of drug-likeness (QED) is 0.411. The molecule has 2 aliphatic rings. The van der Waals surface area contributed by atoms with E-state index in [1.807, 2.05) is 0 Å². The number of benzene rings is 2. The van der Waals surface area contributed by atoms with Crippen LogP contribution in [0, 0.1) is 16.0 Å². The Balaban J connectivity index is 1.44. The molecule has 2 heterocycles. The number of hydrogen-bond acceptors (Lipinski definition) is 7. The third-order valence-electron chi connectivity index (χ3n) is 5.60. The summed E-state index contributed by atoms with van der Waals surface area (Å²) in [5.74, 6) is 0.947. The Bertz CT molecular complexity index is 1030. The highest BCUT2D eigenvalue weighted by Crippen LogP contribution is 2.33. The first-order valence-corrected chi connectivity index (χ1v) is 10.0. The predicted molar refractivity (Wildman–Crippen MR) is 110 cm³/mol. The minimum Gasteiger partial charge on any atom is -0.496 e. The molecule has 2 aromatic rings. The topological polar surface area (TPSA) is 108 Å². The van der Waals surface area contributed by atoms with E-state index < -0.39 is 4.92 Å². The average Bonchev–Trinajstić information content (AvgIpc) is 2.82. The van der Waals surface area contributed by atoms with E-state index in [1.54, 1.807) is 23.1 Å². The van der Waals surface area contributed by atoms with E-state index in [9.17, 15) is 19.7 Å². The lowest BCUT2D eigenvalue weighted by atomic mass is 9.88. The lowest BCUT2D eigenvalue weighted by Gasteiger charge is -2.31. The molecule has 9 nitrogen and oxygen atoms in total. The standard InChI is InChI=1S/C22H22N2O7/c1-29-18-5-3-16(24(27)28)13-17(18)22(26)23-8-6-14(7-9-23)21(25)15-2-4-19-20(12-15)31-11-10-30-19/h2-5,12-14H,6-11H2,1H3. The molecule has 162 valence electrons. The number of amides is 1. The summed E-state index contributed by atoms with van der Waals surface area (Å²) in [5, 5.41) is 11.1. The highest BCUT2D eigenvalue weighted by Gasteiger charge is 2.30. The lowest BCUT2D eigenvalue weighted by Crippen LogP contribution is -2.40. The monoisotopic (exact) mass is 426 g/mol. The fraction of sp³-hybridized carbons (Fsp3) is 0.364. The third-order valence-corrected chi connectivity index (χ3v) is 5.60. The number of fused-ring (bicyclic) bond motifs is 1. The van der Waals surface area contributed by atoms with Gasteiger partial charge >= 0.3 is 0 Å². The van der Waals surface area contributed by atoms with Crippen molar-refractivity contribution >= 4 is 17.4 Å². The highest BCUT2D eigenvalue weighted by molar-refractivity contribution is 6.00. The number of nitro benzene ring substituents is 1. The first-order chi connectivity index (χ1) is 15.0. The maximum absolute atomic E-state index is 13.0. The number of piperidine rings is 1. The van der Waals surface area contributed by atoms with Gasteiger partial charge in [-0.15, -0.1) is 0 Å². The number of Topliss-reactive ketones (excluding diaryl/α,β-unsaturated/α-hetero) is 1. The summed E-state index contributed by atoms with van der Waals surface area (Å²) in [4.78, 5) is 38.1. The second kappa shape index (κ2) is 8.63. The Hall–Kier alpha value is -3.62. The molecule has 31 heavy (non-hydrogen) atoms. The summed E-state index contributed by atoms with van der Waals surface area (Å²) in [7, 11) is 1.41. The maximum atomic E-state index is 13.0. The Morgan fingerprint density at radius 3 is 2.45 bits per heavy atom. The zero-order chi connectivity index (χ0) is 22.0. The van der Waals surface area contributed by atoms with Crippen molar-refractivity contribution in [2.45, 2.75) is 12.8 Å². The van der Waals surface area contributed by atoms with Crippen LogP contribution in [0.4, 0.5) is 5.69 Å². The van der Waals surface area contributed by atoms with Gasteiger partial charge in [-0.05, 0) is 37.1 Å². The molecule has 2 aromatic carbocycles. The lowest BCUT2D eigenvalue weighted by molar-refractivity contribution is -0.384. The van der Waals surface area contributed by atoms with Crippen molar-refractivity contribution in [1.29, 1.82) is 0 Å². The Morgan fingerprint density at radius 2 is 1.77 bits per heavy atom. The molecule has 0 bridgehead atoms. The zero-order valence-corrected chi connectivity index (χ0v) is 17.0. The van der Waals surface area contributed by atoms with Crippen LogP contribution in [-0.4, -0.2) is 54.9 Å². The minimum atomic E-state index is -0.547. The van der Waals surface area contributed by atoms with Gasteiger partial charge in [0.2, 0.25) is 0 Å². The number of non-ortho nitro benzene ring substituents is 1. The van der Waals surface area contributed by atoms with Gasteiger partial charge in [0.25, 0.3) is 11.6 Å². The number of nitrogens with zero attached hydrogens (tertiary/aromatic N) is 2. The van der Waals surface area contributed by atoms with Gasteiger partial charge in [0.05, 0.1) is 17.6 Å². The van der Waals surface area contributed by atoms with E-state index >= 15 is 0 Å². The first-order valence-electron chi connectivity index (χ1n) is 10.0. The Morgan fingerprint density at radius 1 is 1.06 bits per heavy atom. The van der Waals surface area contributed by atoms with Crippen LogP contribution in [-0.2, 0) is 0 Å². The van der Waals surface area contributed by atoms with Gasteiger partial charge in [0, 0.05) is 36.7 Å². The molecule has 0 radical (unpaired) electrons. The summed E-state index contributed by atoms with van der Waals surface area (Å²) in [6.45, 7) is 1.70. The molecule has 0 atom stereocenters. The minimum absolute atomic E-state index is 0.0111. The molecule has 1 saturated heterocycles. The number of carbonyl (C=O) groups is 2. The molecule has 9 heteroatoms. The van der Waals surface area contributed by atoms with E-state index in [-0.39, 0.29) is 34.6 Å². The molecule has 0 unspecified atom stereocenters. The smallest absolute Gasteiger partial charge is 0.270 e. The van der Waals surface area contributed by atoms with Crippen molar-refractivity contribution in [3.63, 3.8) is 0 Å². The second-order valence-corrected chi connectivity index (χ2v) is 7.43. The van der Waals surface area contributed by atoms with Gasteiger partial charge in [-0.25, -0.2) is 0 Å². The zero-order valence-electron chi connectivity index (χ0n) is 17.0. The molecular weight excluding hydrogens is 404 g/mol. The number of likely N-dealkylation sites (tertiary alicyclic amines) is 1. The van der Waals surface area contributed by atoms with E-state index in [2.05, 4.69) is 0 Å². The number of ether oxygens (including phenoxy) is 3. The Kier molecular flexibility index (Phi) is 5.75. The summed E-state index contributed by atoms with van der Waals surface area (Å²) >= 11 is 0. The molecule has 1 amide bonds. The van der Waals surface area contributed by atoms with E-state index in [0.29, 0.717) is 56.2 Å². The van der Waals surface area contributed by atoms with Crippen LogP contribution in [0.1, 0.15) is 33.6 Å². The predicted octanol–water partition coefficient (Wildman–Crippen LogP) is 3.11. The highest BCUT2D eigenvalue weighted by atomic mass is 16.6. The van der Waals surface area contributed by atoms with Crippen molar-refractivity contribution in [3.8, 4) is 17.2 Å². The van der Waals surface area contributed by atoms with Crippen molar-refractivity contribution in [3.05, 3.63) is 57.6 Å². The fourth-order valence-electron chi connectivity index (χ4n) is 3.92. The van der Waals surface area contributed by atoms with E-state index in [0.717, 1.165) is 0 Å². The maximum Gasteiger partial charge on any atom is 0.270 e. The van der Waals surface area contributed by atoms with Gasteiger partial charge in [-0.1, -0.05) is 0 Å². The van der Waals surface area contributed by atoms with Crippen LogP contribution in [0.5, 0.6) is 17.2 Å². The Labute approximate surface area is 178 Å². The van der Waals surface area contributed by atoms with Crippen LogP contribution in [0.25, 0.3) is 0 Å². The van der Waals surface area contributed by atoms with Crippen molar-refractivity contribution in [2.75, 3.05) is 33.4 Å². The molecule has 1 fully saturated rings. The summed E-state index contributed by atoms with van der Waals surface area (Å²) in [6.07, 6.45) is 1.02. The number of carbonyl (C=O) groups excluding carboxylic acids is 2. The third kappa shape index (κ3) is 4.16. The number of ketones is 1. The van der Waals surface area contributed by atoms with Gasteiger partial charge < -0.3 is 19.1 Å². The molecule has 0 N–H and O–H groups in total. The van der Waals surface area contributed by atoms with Crippen molar-refractivity contribution in [2.24, 2.45) is 5.92 Å². The van der Waals surface area contributed by atoms with Crippen LogP contribution in [0.15, 0.2) is 36.4 Å². The summed E-state index contributed by atoms with van der Waals surface area (Å²) < 4.78 is 16.3. The summed E-state index contributed by atoms with van der Waals surface area (Å²) in [5.41, 5.74) is 0.538. The van der Waals surface area contributed by atoms with Gasteiger partial charge in [0.1, 0.15) is 19.0 Å². The van der Waals surface area contributed by atoms with E-state index in [4.69, 9.17) is 14.2 Å². The normalized spacial score (nSPS) is 16.0. The van der Waals surface area contributed by atoms with Crippen LogP contribution in [0.2, 0.25) is 0 Å². The molecular formula is C22H22N2O7.